The first-order valence-electron chi connectivity index (χ1n) is 7.89. The lowest BCUT2D eigenvalue weighted by atomic mass is 10.3. The van der Waals surface area contributed by atoms with Crippen molar-refractivity contribution in [1.82, 2.24) is 0 Å². The highest BCUT2D eigenvalue weighted by Crippen LogP contribution is 2.25. The molecule has 2 rings (SSSR count). The van der Waals surface area contributed by atoms with E-state index in [1.807, 2.05) is 6.92 Å². The topological polar surface area (TPSA) is 98.9 Å². The van der Waals surface area contributed by atoms with E-state index in [1.54, 1.807) is 19.1 Å². The van der Waals surface area contributed by atoms with E-state index in [1.165, 1.54) is 36.4 Å². The van der Waals surface area contributed by atoms with Crippen molar-refractivity contribution in [3.63, 3.8) is 0 Å². The molecular formula is C18H20BrNO6. The second kappa shape index (κ2) is 11.1. The molecule has 0 saturated carbocycles. The summed E-state index contributed by atoms with van der Waals surface area (Å²) >= 11 is 3.17. The van der Waals surface area contributed by atoms with Crippen molar-refractivity contribution in [2.24, 2.45) is 0 Å². The van der Waals surface area contributed by atoms with Crippen molar-refractivity contribution >= 4 is 27.6 Å². The van der Waals surface area contributed by atoms with Crippen LogP contribution in [-0.4, -0.2) is 27.4 Å². The Labute approximate surface area is 159 Å². The minimum absolute atomic E-state index is 0.0167. The molecule has 0 aliphatic rings. The van der Waals surface area contributed by atoms with Gasteiger partial charge in [-0.15, -0.1) is 0 Å². The highest BCUT2D eigenvalue weighted by Gasteiger charge is 2.11. The number of carbonyl (C=O) groups is 1. The predicted octanol–water partition coefficient (Wildman–Crippen LogP) is 4.82. The van der Waals surface area contributed by atoms with E-state index in [2.05, 4.69) is 15.9 Å². The van der Waals surface area contributed by atoms with Crippen molar-refractivity contribution in [2.75, 3.05) is 6.61 Å². The number of rotatable bonds is 6. The van der Waals surface area contributed by atoms with Crippen LogP contribution in [-0.2, 0) is 9.53 Å². The van der Waals surface area contributed by atoms with E-state index >= 15 is 0 Å². The highest BCUT2D eigenvalue weighted by molar-refractivity contribution is 9.10. The molecule has 0 heterocycles. The van der Waals surface area contributed by atoms with Gasteiger partial charge in [-0.3, -0.25) is 14.9 Å². The fourth-order valence-corrected chi connectivity index (χ4v) is 1.82. The molecule has 140 valence electrons. The minimum Gasteiger partial charge on any atom is -0.508 e. The third-order valence-corrected chi connectivity index (χ3v) is 4.04. The van der Waals surface area contributed by atoms with Crippen LogP contribution in [0.2, 0.25) is 0 Å². The molecule has 2 aromatic rings. The number of alkyl halides is 1. The Morgan fingerprint density at radius 3 is 2.04 bits per heavy atom. The van der Waals surface area contributed by atoms with Crippen molar-refractivity contribution in [1.29, 1.82) is 0 Å². The van der Waals surface area contributed by atoms with Crippen LogP contribution in [0.3, 0.4) is 0 Å². The number of ether oxygens (including phenoxy) is 2. The number of non-ortho nitro benzene ring substituents is 1. The van der Waals surface area contributed by atoms with Crippen LogP contribution < -0.4 is 4.74 Å². The standard InChI is InChI=1S/C12H9NO4.C6H11BrO2/c14-10-3-7-12(8-4-10)17-11-5-1-9(2-6-11)13(15)16;1-3-5(7)6(8)9-4-2/h1-8,14H;5H,3-4H2,1-2H3. The second-order valence-corrected chi connectivity index (χ2v) is 6.08. The third-order valence-electron chi connectivity index (χ3n) is 3.02. The number of aromatic hydroxyl groups is 1. The van der Waals surface area contributed by atoms with E-state index < -0.39 is 4.92 Å². The lowest BCUT2D eigenvalue weighted by Gasteiger charge is -2.04. The molecule has 0 saturated heterocycles. The van der Waals surface area contributed by atoms with Gasteiger partial charge >= 0.3 is 5.97 Å². The third kappa shape index (κ3) is 7.52. The van der Waals surface area contributed by atoms with Gasteiger partial charge in [0, 0.05) is 12.1 Å². The van der Waals surface area contributed by atoms with Crippen LogP contribution in [0, 0.1) is 10.1 Å². The SMILES string of the molecule is CCOC(=O)C(Br)CC.O=[N+]([O-])c1ccc(Oc2ccc(O)cc2)cc1. The molecule has 8 heteroatoms. The van der Waals surface area contributed by atoms with Gasteiger partial charge in [-0.2, -0.15) is 0 Å². The van der Waals surface area contributed by atoms with Crippen molar-refractivity contribution in [3.05, 3.63) is 58.6 Å². The highest BCUT2D eigenvalue weighted by atomic mass is 79.9. The maximum atomic E-state index is 10.7. The zero-order chi connectivity index (χ0) is 19.5. The molecule has 1 unspecified atom stereocenters. The molecule has 0 amide bonds. The summed E-state index contributed by atoms with van der Waals surface area (Å²) in [6.07, 6.45) is 0.777. The average Bonchev–Trinajstić information content (AvgIpc) is 2.64. The largest absolute Gasteiger partial charge is 0.508 e. The van der Waals surface area contributed by atoms with E-state index in [0.29, 0.717) is 18.1 Å². The minimum atomic E-state index is -0.468. The molecule has 26 heavy (non-hydrogen) atoms. The number of carbonyl (C=O) groups excluding carboxylic acids is 1. The molecule has 0 bridgehead atoms. The van der Waals surface area contributed by atoms with Crippen LogP contribution in [0.15, 0.2) is 48.5 Å². The smallest absolute Gasteiger partial charge is 0.319 e. The molecular weight excluding hydrogens is 406 g/mol. The Bertz CT molecular complexity index is 703. The van der Waals surface area contributed by atoms with E-state index in [0.717, 1.165) is 6.42 Å². The average molecular weight is 426 g/mol. The molecule has 0 fully saturated rings. The van der Waals surface area contributed by atoms with Crippen molar-refractivity contribution in [3.8, 4) is 17.2 Å². The second-order valence-electron chi connectivity index (χ2n) is 4.97. The van der Waals surface area contributed by atoms with Crippen LogP contribution in [0.25, 0.3) is 0 Å². The van der Waals surface area contributed by atoms with Gasteiger partial charge in [-0.05, 0) is 49.7 Å². The number of hydrogen-bond acceptors (Lipinski definition) is 6. The normalized spacial score (nSPS) is 10.9. The molecule has 1 atom stereocenters. The molecule has 7 nitrogen and oxygen atoms in total. The number of hydrogen-bond donors (Lipinski definition) is 1. The number of benzene rings is 2. The predicted molar refractivity (Wildman–Crippen MR) is 101 cm³/mol. The summed E-state index contributed by atoms with van der Waals surface area (Å²) in [4.78, 5) is 20.6. The molecule has 1 N–H and O–H groups in total. The van der Waals surface area contributed by atoms with Gasteiger partial charge in [0.05, 0.1) is 11.5 Å². The number of nitro benzene ring substituents is 1. The summed E-state index contributed by atoms with van der Waals surface area (Å²) < 4.78 is 10.1. The van der Waals surface area contributed by atoms with Gasteiger partial charge in [0.15, 0.2) is 0 Å². The first-order valence-corrected chi connectivity index (χ1v) is 8.81. The Morgan fingerprint density at radius 1 is 1.12 bits per heavy atom. The Morgan fingerprint density at radius 2 is 1.62 bits per heavy atom. The summed E-state index contributed by atoms with van der Waals surface area (Å²) in [6, 6.07) is 12.0. The number of halogens is 1. The van der Waals surface area contributed by atoms with Gasteiger partial charge in [0.1, 0.15) is 22.1 Å². The Hall–Kier alpha value is -2.61. The van der Waals surface area contributed by atoms with Gasteiger partial charge in [0.2, 0.25) is 0 Å². The fourth-order valence-electron chi connectivity index (χ4n) is 1.69. The molecule has 0 aromatic heterocycles. The first-order chi connectivity index (χ1) is 12.4. The monoisotopic (exact) mass is 425 g/mol. The molecule has 0 aliphatic carbocycles. The maximum Gasteiger partial charge on any atom is 0.319 e. The Balaban J connectivity index is 0.000000321. The Kier molecular flexibility index (Phi) is 9.14. The zero-order valence-electron chi connectivity index (χ0n) is 14.4. The quantitative estimate of drug-likeness (QED) is 0.308. The van der Waals surface area contributed by atoms with Gasteiger partial charge in [-0.25, -0.2) is 0 Å². The lowest BCUT2D eigenvalue weighted by Crippen LogP contribution is -2.15. The van der Waals surface area contributed by atoms with E-state index in [9.17, 15) is 14.9 Å². The number of nitrogens with zero attached hydrogens (tertiary/aromatic N) is 1. The zero-order valence-corrected chi connectivity index (χ0v) is 16.0. The maximum absolute atomic E-state index is 10.7. The summed E-state index contributed by atoms with van der Waals surface area (Å²) in [6.45, 7) is 4.19. The molecule has 0 aliphatic heterocycles. The summed E-state index contributed by atoms with van der Waals surface area (Å²) in [5.41, 5.74) is 0.0167. The van der Waals surface area contributed by atoms with Crippen LogP contribution in [0.4, 0.5) is 5.69 Å². The van der Waals surface area contributed by atoms with Gasteiger partial charge in [-0.1, -0.05) is 22.9 Å². The molecule has 0 radical (unpaired) electrons. The van der Waals surface area contributed by atoms with E-state index in [4.69, 9.17) is 14.6 Å². The lowest BCUT2D eigenvalue weighted by molar-refractivity contribution is -0.384. The number of phenolic OH excluding ortho intramolecular Hbond substituents is 1. The summed E-state index contributed by atoms with van der Waals surface area (Å²) in [5, 5.41) is 19.5. The van der Waals surface area contributed by atoms with Crippen molar-refractivity contribution in [2.45, 2.75) is 25.1 Å². The van der Waals surface area contributed by atoms with Crippen LogP contribution >= 0.6 is 15.9 Å². The first kappa shape index (κ1) is 21.4. The summed E-state index contributed by atoms with van der Waals surface area (Å²) in [7, 11) is 0. The molecule has 2 aromatic carbocycles. The number of esters is 1. The van der Waals surface area contributed by atoms with Crippen LogP contribution in [0.5, 0.6) is 17.2 Å². The number of nitro groups is 1. The summed E-state index contributed by atoms with van der Waals surface area (Å²) in [5.74, 6) is 1.04. The van der Waals surface area contributed by atoms with Gasteiger partial charge in [0.25, 0.3) is 5.69 Å². The van der Waals surface area contributed by atoms with Crippen molar-refractivity contribution < 1.29 is 24.3 Å². The van der Waals surface area contributed by atoms with Gasteiger partial charge < -0.3 is 14.6 Å². The fraction of sp³-hybridized carbons (Fsp3) is 0.278. The molecule has 0 spiro atoms. The van der Waals surface area contributed by atoms with E-state index in [-0.39, 0.29) is 22.2 Å². The number of phenols is 1. The van der Waals surface area contributed by atoms with Crippen LogP contribution in [0.1, 0.15) is 20.3 Å².